The highest BCUT2D eigenvalue weighted by atomic mass is 32.2. The van der Waals surface area contributed by atoms with Crippen LogP contribution in [0.15, 0.2) is 65.8 Å². The Morgan fingerprint density at radius 3 is 2.43 bits per heavy atom. The van der Waals surface area contributed by atoms with E-state index >= 15 is 0 Å². The molecule has 0 bridgehead atoms. The molecule has 0 aliphatic rings. The van der Waals surface area contributed by atoms with E-state index < -0.39 is 16.0 Å². The van der Waals surface area contributed by atoms with Gasteiger partial charge in [-0.3, -0.25) is 4.72 Å². The number of fused-ring (bicyclic) bond motifs is 1. The van der Waals surface area contributed by atoms with Crippen molar-refractivity contribution in [3.63, 3.8) is 0 Å². The fourth-order valence-corrected chi connectivity index (χ4v) is 3.31. The number of sulfonamides is 1. The van der Waals surface area contributed by atoms with Crippen LogP contribution in [0.4, 0.5) is 5.69 Å². The van der Waals surface area contributed by atoms with Gasteiger partial charge in [-0.15, -0.1) is 0 Å². The van der Waals surface area contributed by atoms with Crippen molar-refractivity contribution in [3.8, 4) is 0 Å². The van der Waals surface area contributed by atoms with E-state index in [4.69, 9.17) is 0 Å². The van der Waals surface area contributed by atoms with Crippen molar-refractivity contribution in [3.05, 3.63) is 66.4 Å². The summed E-state index contributed by atoms with van der Waals surface area (Å²) in [5.41, 5.74) is -0.0931. The van der Waals surface area contributed by atoms with Gasteiger partial charge in [-0.25, -0.2) is 9.78 Å². The quantitative estimate of drug-likeness (QED) is 0.767. The van der Waals surface area contributed by atoms with Crippen LogP contribution in [0.2, 0.25) is 0 Å². The zero-order valence-electron chi connectivity index (χ0n) is 11.8. The van der Waals surface area contributed by atoms with E-state index in [0.717, 1.165) is 0 Å². The highest BCUT2D eigenvalue weighted by Gasteiger charge is 2.21. The lowest BCUT2D eigenvalue weighted by Crippen LogP contribution is -2.16. The number of carbonyl (C=O) groups is 1. The molecule has 7 heteroatoms. The van der Waals surface area contributed by atoms with Crippen LogP contribution in [0.1, 0.15) is 10.4 Å². The molecule has 116 valence electrons. The second kappa shape index (κ2) is 5.69. The minimum atomic E-state index is -3.96. The number of anilines is 1. The highest BCUT2D eigenvalue weighted by Crippen LogP contribution is 2.27. The van der Waals surface area contributed by atoms with Gasteiger partial charge >= 0.3 is 5.97 Å². The van der Waals surface area contributed by atoms with Gasteiger partial charge < -0.3 is 5.11 Å². The molecule has 0 saturated heterocycles. The van der Waals surface area contributed by atoms with Crippen LogP contribution in [0.3, 0.4) is 0 Å². The summed E-state index contributed by atoms with van der Waals surface area (Å²) in [4.78, 5) is 15.4. The molecule has 0 saturated carbocycles. The minimum Gasteiger partial charge on any atom is -0.478 e. The number of pyridine rings is 1. The molecule has 23 heavy (non-hydrogen) atoms. The van der Waals surface area contributed by atoms with Gasteiger partial charge in [0.05, 0.1) is 11.3 Å². The van der Waals surface area contributed by atoms with E-state index in [1.165, 1.54) is 18.3 Å². The first-order valence-corrected chi connectivity index (χ1v) is 8.16. The Kier molecular flexibility index (Phi) is 3.71. The van der Waals surface area contributed by atoms with Crippen molar-refractivity contribution in [2.75, 3.05) is 4.72 Å². The van der Waals surface area contributed by atoms with E-state index in [9.17, 15) is 18.3 Å². The summed E-state index contributed by atoms with van der Waals surface area (Å²) in [5.74, 6) is -1.21. The largest absolute Gasteiger partial charge is 0.478 e. The molecule has 3 aromatic rings. The molecule has 2 N–H and O–H groups in total. The maximum Gasteiger partial charge on any atom is 0.338 e. The molecule has 6 nitrogen and oxygen atoms in total. The number of nitrogens with one attached hydrogen (secondary N) is 1. The third-order valence-corrected chi connectivity index (χ3v) is 4.58. The van der Waals surface area contributed by atoms with Gasteiger partial charge in [-0.05, 0) is 29.0 Å². The summed E-state index contributed by atoms with van der Waals surface area (Å²) in [7, 11) is -3.96. The van der Waals surface area contributed by atoms with Crippen LogP contribution in [0.25, 0.3) is 10.8 Å². The van der Waals surface area contributed by atoms with Crippen LogP contribution in [0, 0.1) is 0 Å². The number of hydrogen-bond donors (Lipinski definition) is 2. The topological polar surface area (TPSA) is 96.4 Å². The first-order valence-electron chi connectivity index (χ1n) is 6.68. The molecule has 1 aromatic heterocycles. The predicted molar refractivity (Wildman–Crippen MR) is 86.0 cm³/mol. The third-order valence-electron chi connectivity index (χ3n) is 3.30. The second-order valence-electron chi connectivity index (χ2n) is 4.79. The Hall–Kier alpha value is -2.93. The molecule has 0 spiro atoms. The molecule has 0 aliphatic carbocycles. The molecule has 1 heterocycles. The number of hydrogen-bond acceptors (Lipinski definition) is 4. The molecule has 3 rings (SSSR count). The number of aromatic carboxylic acids is 1. The first kappa shape index (κ1) is 15.0. The predicted octanol–water partition coefficient (Wildman–Crippen LogP) is 2.73. The van der Waals surface area contributed by atoms with Crippen LogP contribution in [-0.4, -0.2) is 24.5 Å². The number of carboxylic acid groups (broad SMARTS) is 1. The molecular weight excluding hydrogens is 316 g/mol. The Morgan fingerprint density at radius 1 is 1.00 bits per heavy atom. The standard InChI is InChI=1S/C16H12N2O4S/c19-16(20)15-12-6-2-1-5-11(12)8-9-13(15)18-23(21,22)14-7-3-4-10-17-14/h1-10,18H,(H,19,20). The summed E-state index contributed by atoms with van der Waals surface area (Å²) < 4.78 is 27.0. The zero-order chi connectivity index (χ0) is 16.4. The molecule has 0 amide bonds. The lowest BCUT2D eigenvalue weighted by Gasteiger charge is -2.12. The Balaban J connectivity index is 2.14. The summed E-state index contributed by atoms with van der Waals surface area (Å²) in [6.45, 7) is 0. The number of aromatic nitrogens is 1. The van der Waals surface area contributed by atoms with E-state index in [1.807, 2.05) is 0 Å². The fourth-order valence-electron chi connectivity index (χ4n) is 2.29. The van der Waals surface area contributed by atoms with Gasteiger partial charge in [0, 0.05) is 6.20 Å². The average Bonchev–Trinajstić information content (AvgIpc) is 2.55. The van der Waals surface area contributed by atoms with Crippen molar-refractivity contribution < 1.29 is 18.3 Å². The van der Waals surface area contributed by atoms with Crippen LogP contribution >= 0.6 is 0 Å². The van der Waals surface area contributed by atoms with Crippen LogP contribution < -0.4 is 4.72 Å². The van der Waals surface area contributed by atoms with Crippen molar-refractivity contribution in [1.29, 1.82) is 0 Å². The van der Waals surface area contributed by atoms with Gasteiger partial charge in [-0.2, -0.15) is 8.42 Å². The van der Waals surface area contributed by atoms with Gasteiger partial charge in [-0.1, -0.05) is 36.4 Å². The summed E-state index contributed by atoms with van der Waals surface area (Å²) >= 11 is 0. The lowest BCUT2D eigenvalue weighted by molar-refractivity contribution is 0.0700. The second-order valence-corrected chi connectivity index (χ2v) is 6.42. The number of rotatable bonds is 4. The van der Waals surface area contributed by atoms with Gasteiger partial charge in [0.15, 0.2) is 5.03 Å². The molecule has 0 atom stereocenters. The molecule has 0 fully saturated rings. The molecule has 0 radical (unpaired) electrons. The monoisotopic (exact) mass is 328 g/mol. The molecule has 0 unspecified atom stereocenters. The van der Waals surface area contributed by atoms with Crippen molar-refractivity contribution in [2.45, 2.75) is 5.03 Å². The summed E-state index contributed by atoms with van der Waals surface area (Å²) in [6, 6.07) is 14.5. The SMILES string of the molecule is O=C(O)c1c(NS(=O)(=O)c2ccccn2)ccc2ccccc12. The number of carboxylic acids is 1. The van der Waals surface area contributed by atoms with Crippen molar-refractivity contribution in [1.82, 2.24) is 4.98 Å². The van der Waals surface area contributed by atoms with Gasteiger partial charge in [0.2, 0.25) is 0 Å². The van der Waals surface area contributed by atoms with E-state index in [0.29, 0.717) is 10.8 Å². The van der Waals surface area contributed by atoms with E-state index in [-0.39, 0.29) is 16.3 Å². The van der Waals surface area contributed by atoms with Gasteiger partial charge in [0.1, 0.15) is 0 Å². The first-order chi connectivity index (χ1) is 11.0. The molecule has 0 aliphatic heterocycles. The Morgan fingerprint density at radius 2 is 1.74 bits per heavy atom. The Labute approximate surface area is 132 Å². The van der Waals surface area contributed by atoms with Crippen LogP contribution in [0.5, 0.6) is 0 Å². The smallest absolute Gasteiger partial charge is 0.338 e. The fraction of sp³-hybridized carbons (Fsp3) is 0. The third kappa shape index (κ3) is 2.86. The summed E-state index contributed by atoms with van der Waals surface area (Å²) in [5, 5.41) is 10.5. The number of benzene rings is 2. The average molecular weight is 328 g/mol. The van der Waals surface area contributed by atoms with Gasteiger partial charge in [0.25, 0.3) is 10.0 Å². The highest BCUT2D eigenvalue weighted by molar-refractivity contribution is 7.92. The summed E-state index contributed by atoms with van der Waals surface area (Å²) in [6.07, 6.45) is 1.35. The zero-order valence-corrected chi connectivity index (χ0v) is 12.6. The Bertz CT molecular complexity index is 985. The number of nitrogens with zero attached hydrogens (tertiary/aromatic N) is 1. The maximum absolute atomic E-state index is 12.3. The van der Waals surface area contributed by atoms with Crippen molar-refractivity contribution >= 4 is 32.5 Å². The lowest BCUT2D eigenvalue weighted by atomic mass is 10.0. The maximum atomic E-state index is 12.3. The van der Waals surface area contributed by atoms with E-state index in [2.05, 4.69) is 9.71 Å². The molecule has 2 aromatic carbocycles. The van der Waals surface area contributed by atoms with E-state index in [1.54, 1.807) is 42.5 Å². The normalized spacial score (nSPS) is 11.3. The molecular formula is C16H12N2O4S. The van der Waals surface area contributed by atoms with Crippen molar-refractivity contribution in [2.24, 2.45) is 0 Å². The van der Waals surface area contributed by atoms with Crippen LogP contribution in [-0.2, 0) is 10.0 Å². The minimum absolute atomic E-state index is 0.00172.